The number of likely N-dealkylation sites (N-methyl/N-ethyl adjacent to an activating group) is 1. The van der Waals surface area contributed by atoms with Crippen LogP contribution in [0.15, 0.2) is 59.9 Å². The Bertz CT molecular complexity index is 1320. The minimum atomic E-state index is -0.745. The van der Waals surface area contributed by atoms with E-state index in [2.05, 4.69) is 15.3 Å². The Morgan fingerprint density at radius 1 is 1.29 bits per heavy atom. The molecule has 1 aliphatic heterocycles. The lowest BCUT2D eigenvalue weighted by molar-refractivity contribution is -0.139. The molecule has 4 rings (SSSR count). The van der Waals surface area contributed by atoms with Crippen molar-refractivity contribution in [3.63, 3.8) is 0 Å². The number of allylic oxidation sites excluding steroid dienone is 1. The number of ketones is 1. The number of Topliss-reactive ketones (excluding diaryl/α,β-unsaturated/α-hetero) is 1. The number of esters is 1. The third kappa shape index (κ3) is 5.36. The zero-order valence-corrected chi connectivity index (χ0v) is 20.2. The van der Waals surface area contributed by atoms with Crippen LogP contribution in [0.5, 0.6) is 5.75 Å². The van der Waals surface area contributed by atoms with Gasteiger partial charge in [0.2, 0.25) is 11.7 Å². The van der Waals surface area contributed by atoms with Crippen molar-refractivity contribution in [1.82, 2.24) is 14.9 Å². The number of hydrogen-bond donors (Lipinski definition) is 2. The van der Waals surface area contributed by atoms with Gasteiger partial charge >= 0.3 is 5.97 Å². The highest BCUT2D eigenvalue weighted by Crippen LogP contribution is 2.31. The van der Waals surface area contributed by atoms with Gasteiger partial charge in [0.05, 0.1) is 6.61 Å². The highest BCUT2D eigenvalue weighted by Gasteiger charge is 2.37. The van der Waals surface area contributed by atoms with Gasteiger partial charge in [-0.05, 0) is 69.9 Å². The summed E-state index contributed by atoms with van der Waals surface area (Å²) in [5, 5.41) is 3.92. The van der Waals surface area contributed by atoms with E-state index in [1.807, 2.05) is 50.2 Å². The molecule has 0 fully saturated rings. The van der Waals surface area contributed by atoms with Crippen molar-refractivity contribution in [3.8, 4) is 5.75 Å². The van der Waals surface area contributed by atoms with Crippen molar-refractivity contribution in [2.24, 2.45) is 0 Å². The number of rotatable bonds is 9. The molecule has 1 aliphatic rings. The van der Waals surface area contributed by atoms with Crippen molar-refractivity contribution in [3.05, 3.63) is 71.1 Å². The van der Waals surface area contributed by atoms with E-state index in [9.17, 15) is 9.59 Å². The molecule has 0 atom stereocenters. The maximum Gasteiger partial charge on any atom is 0.347 e. The average Bonchev–Trinajstić information content (AvgIpc) is 3.36. The standard InChI is InChI=1S/C26H28N4O5/c1-5-33-26(32)22-23(31)21(14-17-15-28-24-19(17)7-6-10-27-24)35-25(22)29-20-9-8-18(13-16(20)2)34-12-11-30(3)4/h6-10,13-15,29H,5,11-12H2,1-4H3,(H,27,28). The molecule has 0 radical (unpaired) electrons. The van der Waals surface area contributed by atoms with Gasteiger partial charge in [0, 0.05) is 35.6 Å². The summed E-state index contributed by atoms with van der Waals surface area (Å²) in [7, 11) is 3.97. The predicted molar refractivity (Wildman–Crippen MR) is 133 cm³/mol. The minimum absolute atomic E-state index is 0.0154. The Labute approximate surface area is 203 Å². The number of aryl methyl sites for hydroxylation is 1. The second-order valence-corrected chi connectivity index (χ2v) is 8.26. The van der Waals surface area contributed by atoms with Gasteiger partial charge in [-0.1, -0.05) is 0 Å². The van der Waals surface area contributed by atoms with E-state index in [-0.39, 0.29) is 23.8 Å². The fraction of sp³-hybridized carbons (Fsp3) is 0.269. The van der Waals surface area contributed by atoms with Crippen LogP contribution in [0.4, 0.5) is 5.69 Å². The second kappa shape index (κ2) is 10.4. The smallest absolute Gasteiger partial charge is 0.347 e. The number of anilines is 1. The SMILES string of the molecule is CCOC(=O)C1=C(Nc2ccc(OCCN(C)C)cc2C)OC(=Cc2c[nH]c3ncccc23)C1=O. The largest absolute Gasteiger partial charge is 0.492 e. The molecule has 0 amide bonds. The highest BCUT2D eigenvalue weighted by molar-refractivity contribution is 6.26. The summed E-state index contributed by atoms with van der Waals surface area (Å²) in [5.74, 6) is -0.522. The molecular formula is C26H28N4O5. The van der Waals surface area contributed by atoms with Crippen LogP contribution in [-0.2, 0) is 19.1 Å². The molecule has 1 aromatic carbocycles. The molecule has 2 aromatic heterocycles. The van der Waals surface area contributed by atoms with E-state index in [1.165, 1.54) is 0 Å². The summed E-state index contributed by atoms with van der Waals surface area (Å²) >= 11 is 0. The molecule has 3 aromatic rings. The normalized spacial score (nSPS) is 14.7. The number of aromatic nitrogens is 2. The van der Waals surface area contributed by atoms with Crippen molar-refractivity contribution in [2.75, 3.05) is 39.2 Å². The first-order valence-electron chi connectivity index (χ1n) is 11.3. The summed E-state index contributed by atoms with van der Waals surface area (Å²) in [5.41, 5.74) is 2.76. The lowest BCUT2D eigenvalue weighted by atomic mass is 10.1. The van der Waals surface area contributed by atoms with Gasteiger partial charge in [-0.25, -0.2) is 9.78 Å². The van der Waals surface area contributed by atoms with Gasteiger partial charge in [-0.15, -0.1) is 0 Å². The van der Waals surface area contributed by atoms with Gasteiger partial charge in [-0.2, -0.15) is 0 Å². The molecule has 0 unspecified atom stereocenters. The van der Waals surface area contributed by atoms with Crippen LogP contribution < -0.4 is 10.1 Å². The highest BCUT2D eigenvalue weighted by atomic mass is 16.5. The van der Waals surface area contributed by atoms with Crippen molar-refractivity contribution < 1.29 is 23.8 Å². The number of aromatic amines is 1. The maximum atomic E-state index is 13.2. The van der Waals surface area contributed by atoms with Crippen molar-refractivity contribution in [1.29, 1.82) is 0 Å². The Balaban J connectivity index is 1.60. The summed E-state index contributed by atoms with van der Waals surface area (Å²) < 4.78 is 16.8. The molecule has 9 nitrogen and oxygen atoms in total. The van der Waals surface area contributed by atoms with Crippen LogP contribution in [-0.4, -0.2) is 60.5 Å². The van der Waals surface area contributed by atoms with E-state index < -0.39 is 11.8 Å². The number of pyridine rings is 1. The fourth-order valence-corrected chi connectivity index (χ4v) is 3.58. The van der Waals surface area contributed by atoms with Gasteiger partial charge in [0.15, 0.2) is 11.3 Å². The second-order valence-electron chi connectivity index (χ2n) is 8.26. The zero-order valence-electron chi connectivity index (χ0n) is 20.2. The molecule has 182 valence electrons. The van der Waals surface area contributed by atoms with Gasteiger partial charge < -0.3 is 29.4 Å². The van der Waals surface area contributed by atoms with Crippen LogP contribution in [0.25, 0.3) is 17.1 Å². The molecule has 35 heavy (non-hydrogen) atoms. The third-order valence-electron chi connectivity index (χ3n) is 5.39. The van der Waals surface area contributed by atoms with E-state index >= 15 is 0 Å². The van der Waals surface area contributed by atoms with Crippen LogP contribution in [0.2, 0.25) is 0 Å². The number of fused-ring (bicyclic) bond motifs is 1. The molecule has 0 saturated carbocycles. The summed E-state index contributed by atoms with van der Waals surface area (Å²) in [6.45, 7) is 5.08. The molecule has 0 bridgehead atoms. The lowest BCUT2D eigenvalue weighted by Crippen LogP contribution is -2.19. The number of carbonyl (C=O) groups is 2. The van der Waals surface area contributed by atoms with Gasteiger partial charge in [0.25, 0.3) is 0 Å². The number of nitrogens with zero attached hydrogens (tertiary/aromatic N) is 2. The zero-order chi connectivity index (χ0) is 24.9. The molecule has 0 spiro atoms. The van der Waals surface area contributed by atoms with E-state index in [1.54, 1.807) is 31.5 Å². The van der Waals surface area contributed by atoms with Crippen LogP contribution in [0.1, 0.15) is 18.1 Å². The average molecular weight is 477 g/mol. The molecular weight excluding hydrogens is 448 g/mol. The number of H-pyrrole nitrogens is 1. The summed E-state index contributed by atoms with van der Waals surface area (Å²) in [6, 6.07) is 9.21. The monoisotopic (exact) mass is 476 g/mol. The number of carbonyl (C=O) groups excluding carboxylic acids is 2. The lowest BCUT2D eigenvalue weighted by Gasteiger charge is -2.14. The summed E-state index contributed by atoms with van der Waals surface area (Å²) in [4.78, 5) is 35.2. The van der Waals surface area contributed by atoms with E-state index in [0.29, 0.717) is 17.9 Å². The molecule has 3 heterocycles. The van der Waals surface area contributed by atoms with Gasteiger partial charge in [-0.3, -0.25) is 4.79 Å². The Morgan fingerprint density at radius 2 is 2.11 bits per heavy atom. The molecule has 2 N–H and O–H groups in total. The van der Waals surface area contributed by atoms with Crippen LogP contribution in [0.3, 0.4) is 0 Å². The quantitative estimate of drug-likeness (QED) is 0.274. The Morgan fingerprint density at radius 3 is 2.86 bits per heavy atom. The molecule has 9 heteroatoms. The minimum Gasteiger partial charge on any atom is -0.492 e. The van der Waals surface area contributed by atoms with E-state index in [0.717, 1.165) is 28.8 Å². The fourth-order valence-electron chi connectivity index (χ4n) is 3.58. The summed E-state index contributed by atoms with van der Waals surface area (Å²) in [6.07, 6.45) is 5.00. The first-order chi connectivity index (χ1) is 16.9. The van der Waals surface area contributed by atoms with Gasteiger partial charge in [0.1, 0.15) is 18.0 Å². The van der Waals surface area contributed by atoms with Crippen molar-refractivity contribution in [2.45, 2.75) is 13.8 Å². The van der Waals surface area contributed by atoms with Crippen LogP contribution >= 0.6 is 0 Å². The number of ether oxygens (including phenoxy) is 3. The number of hydrogen-bond acceptors (Lipinski definition) is 8. The number of benzene rings is 1. The maximum absolute atomic E-state index is 13.2. The van der Waals surface area contributed by atoms with E-state index in [4.69, 9.17) is 14.2 Å². The predicted octanol–water partition coefficient (Wildman–Crippen LogP) is 3.64. The van der Waals surface area contributed by atoms with Crippen molar-refractivity contribution >= 4 is 34.5 Å². The number of nitrogens with one attached hydrogen (secondary N) is 2. The third-order valence-corrected chi connectivity index (χ3v) is 5.39. The topological polar surface area (TPSA) is 106 Å². The first-order valence-corrected chi connectivity index (χ1v) is 11.3. The van der Waals surface area contributed by atoms with Crippen LogP contribution in [0, 0.1) is 6.92 Å². The Hall–Kier alpha value is -4.11. The first kappa shape index (κ1) is 24.0. The Kier molecular flexibility index (Phi) is 7.17. The molecule has 0 saturated heterocycles. The molecule has 0 aliphatic carbocycles.